The van der Waals surface area contributed by atoms with Gasteiger partial charge in [-0.15, -0.1) is 34.0 Å². The first kappa shape index (κ1) is 28.2. The first-order valence-electron chi connectivity index (χ1n) is 12.2. The summed E-state index contributed by atoms with van der Waals surface area (Å²) < 4.78 is 10.5. The van der Waals surface area contributed by atoms with Crippen molar-refractivity contribution in [3.63, 3.8) is 0 Å². The molecule has 5 aromatic rings. The summed E-state index contributed by atoms with van der Waals surface area (Å²) in [7, 11) is 2.93. The van der Waals surface area contributed by atoms with E-state index in [1.54, 1.807) is 24.3 Å². The second kappa shape index (κ2) is 11.7. The van der Waals surface area contributed by atoms with Crippen molar-refractivity contribution in [3.8, 4) is 63.4 Å². The lowest BCUT2D eigenvalue weighted by Gasteiger charge is -2.05. The van der Waals surface area contributed by atoms with E-state index in [0.717, 1.165) is 40.4 Å². The molecule has 3 heterocycles. The van der Waals surface area contributed by atoms with Gasteiger partial charge in [0.2, 0.25) is 0 Å². The van der Waals surface area contributed by atoms with Crippen molar-refractivity contribution in [2.45, 2.75) is 12.8 Å². The smallest absolute Gasteiger partial charge is 0.307 e. The SMILES string of the molecule is COc1cc(-c2cc(CC(=O)O)c(-c3ccc(-c4sc(-c5ccc(O)c(OC)c5)cc4CC(=O)O)s3)s2)ccc1O. The number of thiophene rings is 3. The molecule has 4 N–H and O–H groups in total. The highest BCUT2D eigenvalue weighted by atomic mass is 32.1. The van der Waals surface area contributed by atoms with Crippen LogP contribution in [0.3, 0.4) is 0 Å². The number of carboxylic acids is 2. The summed E-state index contributed by atoms with van der Waals surface area (Å²) >= 11 is 4.35. The van der Waals surface area contributed by atoms with Gasteiger partial charge < -0.3 is 29.9 Å². The maximum absolute atomic E-state index is 11.7. The summed E-state index contributed by atoms with van der Waals surface area (Å²) in [6.07, 6.45) is -0.325. The third kappa shape index (κ3) is 5.92. The first-order valence-corrected chi connectivity index (χ1v) is 14.7. The molecule has 0 bridgehead atoms. The largest absolute Gasteiger partial charge is 0.504 e. The molecule has 0 saturated carbocycles. The van der Waals surface area contributed by atoms with Crippen molar-refractivity contribution < 1.29 is 39.5 Å². The molecular weight excluding hydrogens is 585 g/mol. The molecule has 41 heavy (non-hydrogen) atoms. The van der Waals surface area contributed by atoms with Crippen LogP contribution in [0.1, 0.15) is 11.1 Å². The zero-order valence-corrected chi connectivity index (χ0v) is 24.3. The average molecular weight is 609 g/mol. The lowest BCUT2D eigenvalue weighted by molar-refractivity contribution is -0.137. The summed E-state index contributed by atoms with van der Waals surface area (Å²) in [6, 6.07) is 17.5. The van der Waals surface area contributed by atoms with Crippen molar-refractivity contribution in [3.05, 3.63) is 71.8 Å². The standard InChI is InChI=1S/C30H24O8S3/c1-37-21-9-15(3-5-19(21)31)25-11-17(13-27(33)34)29(40-25)23-7-8-24(39-23)30-18(14-28(35)36)12-26(41-30)16-4-6-20(32)22(10-16)38-2/h3-12,31-32H,13-14H2,1-2H3,(H,33,34)(H,35,36). The maximum Gasteiger partial charge on any atom is 0.307 e. The van der Waals surface area contributed by atoms with Crippen LogP contribution in [-0.4, -0.2) is 46.6 Å². The Morgan fingerprint density at radius 1 is 0.610 bits per heavy atom. The molecular formula is C30H24O8S3. The molecule has 11 heteroatoms. The van der Waals surface area contributed by atoms with Crippen LogP contribution >= 0.6 is 34.0 Å². The van der Waals surface area contributed by atoms with Crippen LogP contribution < -0.4 is 9.47 Å². The summed E-state index contributed by atoms with van der Waals surface area (Å²) in [5.41, 5.74) is 2.89. The summed E-state index contributed by atoms with van der Waals surface area (Å²) in [4.78, 5) is 28.4. The van der Waals surface area contributed by atoms with Crippen LogP contribution in [0.15, 0.2) is 60.7 Å². The van der Waals surface area contributed by atoms with Gasteiger partial charge in [-0.1, -0.05) is 0 Å². The highest BCUT2D eigenvalue weighted by Crippen LogP contribution is 2.47. The molecule has 5 rings (SSSR count). The number of benzene rings is 2. The number of phenols is 2. The highest BCUT2D eigenvalue weighted by molar-refractivity contribution is 7.28. The third-order valence-electron chi connectivity index (χ3n) is 6.28. The number of carbonyl (C=O) groups is 2. The van der Waals surface area contributed by atoms with Gasteiger partial charge >= 0.3 is 11.9 Å². The quantitative estimate of drug-likeness (QED) is 0.131. The van der Waals surface area contributed by atoms with Gasteiger partial charge in [-0.2, -0.15) is 0 Å². The van der Waals surface area contributed by atoms with Gasteiger partial charge in [-0.3, -0.25) is 9.59 Å². The number of methoxy groups -OCH3 is 2. The zero-order valence-electron chi connectivity index (χ0n) is 21.8. The summed E-state index contributed by atoms with van der Waals surface area (Å²) in [5, 5.41) is 39.1. The number of aromatic hydroxyl groups is 2. The average Bonchev–Trinajstić information content (AvgIpc) is 3.67. The minimum atomic E-state index is -0.952. The van der Waals surface area contributed by atoms with Gasteiger partial charge in [0, 0.05) is 29.3 Å². The van der Waals surface area contributed by atoms with Gasteiger partial charge in [0.15, 0.2) is 23.0 Å². The maximum atomic E-state index is 11.7. The molecule has 0 fully saturated rings. The Hall–Kier alpha value is -4.32. The normalized spacial score (nSPS) is 11.0. The molecule has 0 saturated heterocycles. The van der Waals surface area contributed by atoms with E-state index in [0.29, 0.717) is 22.6 Å². The number of hydrogen-bond acceptors (Lipinski definition) is 9. The lowest BCUT2D eigenvalue weighted by atomic mass is 10.1. The zero-order chi connectivity index (χ0) is 29.3. The fraction of sp³-hybridized carbons (Fsp3) is 0.133. The van der Waals surface area contributed by atoms with Crippen LogP contribution in [0.2, 0.25) is 0 Å². The van der Waals surface area contributed by atoms with Crippen molar-refractivity contribution in [2.75, 3.05) is 14.2 Å². The van der Waals surface area contributed by atoms with Gasteiger partial charge in [0.1, 0.15) is 0 Å². The van der Waals surface area contributed by atoms with Gasteiger partial charge in [0.25, 0.3) is 0 Å². The second-order valence-electron chi connectivity index (χ2n) is 9.01. The Kier molecular flexibility index (Phi) is 8.02. The molecule has 0 aliphatic rings. The van der Waals surface area contributed by atoms with Crippen LogP contribution in [0, 0.1) is 0 Å². The fourth-order valence-corrected chi connectivity index (χ4v) is 8.04. The Morgan fingerprint density at radius 2 is 1.02 bits per heavy atom. The van der Waals surface area contributed by atoms with E-state index in [-0.39, 0.29) is 24.3 Å². The van der Waals surface area contributed by atoms with E-state index in [2.05, 4.69) is 0 Å². The molecule has 3 aromatic heterocycles. The van der Waals surface area contributed by atoms with E-state index in [9.17, 15) is 30.0 Å². The molecule has 0 unspecified atom stereocenters. The number of rotatable bonds is 10. The highest BCUT2D eigenvalue weighted by Gasteiger charge is 2.21. The predicted octanol–water partition coefficient (Wildman–Crippen LogP) is 7.22. The third-order valence-corrected chi connectivity index (χ3v) is 10.2. The van der Waals surface area contributed by atoms with Crippen molar-refractivity contribution >= 4 is 45.9 Å². The number of ether oxygens (including phenoxy) is 2. The minimum absolute atomic E-state index is 0.0138. The van der Waals surface area contributed by atoms with Crippen LogP contribution in [0.4, 0.5) is 0 Å². The molecule has 0 aliphatic carbocycles. The van der Waals surface area contributed by atoms with Crippen LogP contribution in [-0.2, 0) is 22.4 Å². The van der Waals surface area contributed by atoms with E-state index in [1.165, 1.54) is 60.4 Å². The number of aliphatic carboxylic acids is 2. The van der Waals surface area contributed by atoms with Crippen molar-refractivity contribution in [1.82, 2.24) is 0 Å². The number of hydrogen-bond donors (Lipinski definition) is 4. The van der Waals surface area contributed by atoms with E-state index >= 15 is 0 Å². The molecule has 8 nitrogen and oxygen atoms in total. The topological polar surface area (TPSA) is 134 Å². The number of phenolic OH excluding ortho intramolecular Hbond substituents is 2. The minimum Gasteiger partial charge on any atom is -0.504 e. The molecule has 0 aliphatic heterocycles. The molecule has 210 valence electrons. The first-order chi connectivity index (χ1) is 19.7. The fourth-order valence-electron chi connectivity index (χ4n) is 4.39. The Labute approximate surface area is 246 Å². The van der Waals surface area contributed by atoms with Gasteiger partial charge in [-0.25, -0.2) is 0 Å². The van der Waals surface area contributed by atoms with Crippen LogP contribution in [0.5, 0.6) is 23.0 Å². The van der Waals surface area contributed by atoms with E-state index in [1.807, 2.05) is 24.3 Å². The Morgan fingerprint density at radius 3 is 1.39 bits per heavy atom. The molecule has 0 amide bonds. The molecule has 0 spiro atoms. The van der Waals surface area contributed by atoms with Crippen LogP contribution in [0.25, 0.3) is 40.4 Å². The Bertz CT molecular complexity index is 1630. The number of carboxylic acid groups (broad SMARTS) is 2. The van der Waals surface area contributed by atoms with Crippen molar-refractivity contribution in [1.29, 1.82) is 0 Å². The molecule has 2 aromatic carbocycles. The summed E-state index contributed by atoms with van der Waals surface area (Å²) in [6.45, 7) is 0. The summed E-state index contributed by atoms with van der Waals surface area (Å²) in [5.74, 6) is -1.24. The van der Waals surface area contributed by atoms with Gasteiger partial charge in [0.05, 0.1) is 27.1 Å². The molecule has 0 atom stereocenters. The van der Waals surface area contributed by atoms with Gasteiger partial charge in [-0.05, 0) is 82.9 Å². The monoisotopic (exact) mass is 608 g/mol. The van der Waals surface area contributed by atoms with Crippen molar-refractivity contribution in [2.24, 2.45) is 0 Å². The molecule has 0 radical (unpaired) electrons. The Balaban J connectivity index is 1.57. The van der Waals surface area contributed by atoms with E-state index in [4.69, 9.17) is 9.47 Å². The van der Waals surface area contributed by atoms with E-state index < -0.39 is 11.9 Å². The lowest BCUT2D eigenvalue weighted by Crippen LogP contribution is -1.99. The predicted molar refractivity (Wildman–Crippen MR) is 161 cm³/mol. The second-order valence-corrected chi connectivity index (χ2v) is 12.2.